The molecule has 2 unspecified atom stereocenters. The molecule has 2 aliphatic rings. The highest BCUT2D eigenvalue weighted by Gasteiger charge is 2.53. The van der Waals surface area contributed by atoms with E-state index in [4.69, 9.17) is 5.21 Å². The lowest BCUT2D eigenvalue weighted by molar-refractivity contribution is -0.150. The van der Waals surface area contributed by atoms with Crippen LogP contribution in [0.1, 0.15) is 30.9 Å². The number of hydroxylamine groups is 1. The Hall–Kier alpha value is -1.59. The highest BCUT2D eigenvalue weighted by Crippen LogP contribution is 2.32. The second-order valence-electron chi connectivity index (χ2n) is 6.79. The molecule has 2 atom stereocenters. The molecule has 2 fully saturated rings. The molecule has 2 saturated heterocycles. The molecule has 0 aromatic carbocycles. The van der Waals surface area contributed by atoms with E-state index >= 15 is 0 Å². The zero-order valence-electron chi connectivity index (χ0n) is 14.3. The van der Waals surface area contributed by atoms with Crippen LogP contribution in [0.25, 0.3) is 0 Å². The Morgan fingerprint density at radius 3 is 2.65 bits per heavy atom. The number of carbonyl (C=O) groups excluding carboxylic acids is 1. The molecule has 144 valence electrons. The minimum absolute atomic E-state index is 0.0897. The van der Waals surface area contributed by atoms with Crippen molar-refractivity contribution in [3.05, 3.63) is 30.1 Å². The fraction of sp³-hybridized carbons (Fsp3) is 0.625. The molecule has 1 aromatic rings. The number of aliphatic hydroxyl groups is 1. The van der Waals surface area contributed by atoms with Gasteiger partial charge in [0, 0.05) is 37.4 Å². The monoisotopic (exact) mass is 384 g/mol. The van der Waals surface area contributed by atoms with Crippen molar-refractivity contribution in [2.75, 3.05) is 26.2 Å². The minimum Gasteiger partial charge on any atom is -0.377 e. The van der Waals surface area contributed by atoms with Gasteiger partial charge < -0.3 is 10.4 Å². The van der Waals surface area contributed by atoms with E-state index in [1.807, 2.05) is 18.2 Å². The van der Waals surface area contributed by atoms with Gasteiger partial charge in [-0.3, -0.25) is 15.0 Å². The quantitative estimate of drug-likeness (QED) is 0.394. The summed E-state index contributed by atoms with van der Waals surface area (Å²) < 4.78 is 27.5. The number of aromatic nitrogens is 1. The zero-order chi connectivity index (χ0) is 18.8. The summed E-state index contributed by atoms with van der Waals surface area (Å²) in [7, 11) is -3.90. The predicted molar refractivity (Wildman–Crippen MR) is 92.9 cm³/mol. The highest BCUT2D eigenvalue weighted by molar-refractivity contribution is 7.89. The van der Waals surface area contributed by atoms with Crippen molar-refractivity contribution in [1.29, 1.82) is 0 Å². The van der Waals surface area contributed by atoms with Crippen molar-refractivity contribution in [3.63, 3.8) is 0 Å². The first kappa shape index (κ1) is 19.2. The molecule has 3 heterocycles. The van der Waals surface area contributed by atoms with Crippen molar-refractivity contribution in [2.24, 2.45) is 0 Å². The Morgan fingerprint density at radius 2 is 2.04 bits per heavy atom. The van der Waals surface area contributed by atoms with Crippen molar-refractivity contribution in [1.82, 2.24) is 20.1 Å². The second kappa shape index (κ2) is 7.57. The SMILES string of the molecule is O=C(NO)C1(O)CNCCC1S(=O)(=O)N1CCC(c2ccccn2)CC1. The highest BCUT2D eigenvalue weighted by atomic mass is 32.2. The zero-order valence-corrected chi connectivity index (χ0v) is 15.2. The average Bonchev–Trinajstić information content (AvgIpc) is 2.68. The summed E-state index contributed by atoms with van der Waals surface area (Å²) >= 11 is 0. The molecular weight excluding hydrogens is 360 g/mol. The maximum absolute atomic E-state index is 13.1. The van der Waals surface area contributed by atoms with Gasteiger partial charge in [0.2, 0.25) is 10.0 Å². The largest absolute Gasteiger partial charge is 0.377 e. The summed E-state index contributed by atoms with van der Waals surface area (Å²) in [6, 6.07) is 5.69. The van der Waals surface area contributed by atoms with Crippen molar-refractivity contribution in [2.45, 2.75) is 36.0 Å². The van der Waals surface area contributed by atoms with Gasteiger partial charge in [-0.1, -0.05) is 6.07 Å². The normalized spacial score (nSPS) is 28.6. The van der Waals surface area contributed by atoms with Crippen LogP contribution in [0.2, 0.25) is 0 Å². The Bertz CT molecular complexity index is 736. The Morgan fingerprint density at radius 1 is 1.31 bits per heavy atom. The number of pyridine rings is 1. The Labute approximate surface area is 152 Å². The third kappa shape index (κ3) is 3.47. The molecule has 9 nitrogen and oxygen atoms in total. The lowest BCUT2D eigenvalue weighted by Crippen LogP contribution is -2.67. The summed E-state index contributed by atoms with van der Waals surface area (Å²) in [4.78, 5) is 16.3. The number of carbonyl (C=O) groups is 1. The van der Waals surface area contributed by atoms with Crippen molar-refractivity contribution >= 4 is 15.9 Å². The van der Waals surface area contributed by atoms with E-state index in [0.29, 0.717) is 32.5 Å². The Kier molecular flexibility index (Phi) is 5.58. The van der Waals surface area contributed by atoms with Crippen LogP contribution in [0, 0.1) is 0 Å². The smallest absolute Gasteiger partial charge is 0.278 e. The molecule has 0 bridgehead atoms. The molecule has 0 radical (unpaired) electrons. The lowest BCUT2D eigenvalue weighted by atomic mass is 9.93. The van der Waals surface area contributed by atoms with Gasteiger partial charge >= 0.3 is 0 Å². The molecule has 0 spiro atoms. The number of hydrogen-bond acceptors (Lipinski definition) is 7. The summed E-state index contributed by atoms with van der Waals surface area (Å²) in [5, 5.41) is 21.1. The standard InChI is InChI=1S/C16H24N4O5S/c21-15(19-23)16(22)11-17-8-4-14(16)26(24,25)20-9-5-12(6-10-20)13-3-1-2-7-18-13/h1-3,7,12,14,17,22-23H,4-6,8-11H2,(H,19,21). The molecule has 3 rings (SSSR count). The van der Waals surface area contributed by atoms with E-state index in [1.165, 1.54) is 9.79 Å². The minimum atomic E-state index is -3.90. The maximum Gasteiger partial charge on any atom is 0.278 e. The van der Waals surface area contributed by atoms with Crippen LogP contribution in [-0.4, -0.2) is 71.0 Å². The second-order valence-corrected chi connectivity index (χ2v) is 8.91. The summed E-state index contributed by atoms with van der Waals surface area (Å²) in [5.74, 6) is -0.919. The van der Waals surface area contributed by atoms with Crippen LogP contribution in [0.4, 0.5) is 0 Å². The molecule has 4 N–H and O–H groups in total. The van der Waals surface area contributed by atoms with E-state index in [9.17, 15) is 18.3 Å². The Balaban J connectivity index is 1.75. The number of sulfonamides is 1. The lowest BCUT2D eigenvalue weighted by Gasteiger charge is -2.41. The number of hydrogen-bond donors (Lipinski definition) is 4. The third-order valence-corrected chi connectivity index (χ3v) is 7.71. The van der Waals surface area contributed by atoms with Crippen LogP contribution in [0.15, 0.2) is 24.4 Å². The van der Waals surface area contributed by atoms with Gasteiger partial charge in [-0.25, -0.2) is 18.2 Å². The molecule has 1 aromatic heterocycles. The number of β-amino-alcohol motifs (C(OH)–C–C–N with tert-alkyl or cyclic N) is 1. The topological polar surface area (TPSA) is 132 Å². The van der Waals surface area contributed by atoms with Crippen LogP contribution in [0.5, 0.6) is 0 Å². The van der Waals surface area contributed by atoms with Gasteiger partial charge in [0.05, 0.1) is 0 Å². The molecule has 0 saturated carbocycles. The van der Waals surface area contributed by atoms with E-state index in [0.717, 1.165) is 5.69 Å². The van der Waals surface area contributed by atoms with Crippen molar-refractivity contribution < 1.29 is 23.5 Å². The summed E-state index contributed by atoms with van der Waals surface area (Å²) in [5.41, 5.74) is 0.131. The summed E-state index contributed by atoms with van der Waals surface area (Å²) in [6.45, 7) is 0.762. The summed E-state index contributed by atoms with van der Waals surface area (Å²) in [6.07, 6.45) is 3.07. The molecule has 1 amide bonds. The average molecular weight is 384 g/mol. The van der Waals surface area contributed by atoms with Crippen LogP contribution >= 0.6 is 0 Å². The third-order valence-electron chi connectivity index (χ3n) is 5.28. The van der Waals surface area contributed by atoms with Gasteiger partial charge in [-0.2, -0.15) is 0 Å². The van der Waals surface area contributed by atoms with Gasteiger partial charge in [0.1, 0.15) is 5.25 Å². The fourth-order valence-electron chi connectivity index (χ4n) is 3.79. The predicted octanol–water partition coefficient (Wildman–Crippen LogP) is -0.811. The van der Waals surface area contributed by atoms with Gasteiger partial charge in [-0.15, -0.1) is 0 Å². The van der Waals surface area contributed by atoms with Crippen LogP contribution < -0.4 is 10.8 Å². The molecular formula is C16H24N4O5S. The molecule has 26 heavy (non-hydrogen) atoms. The van der Waals surface area contributed by atoms with E-state index in [1.54, 1.807) is 6.20 Å². The van der Waals surface area contributed by atoms with E-state index < -0.39 is 26.8 Å². The molecule has 10 heteroatoms. The fourth-order valence-corrected chi connectivity index (χ4v) is 5.97. The molecule has 0 aliphatic carbocycles. The maximum atomic E-state index is 13.1. The van der Waals surface area contributed by atoms with Gasteiger partial charge in [-0.05, 0) is 37.9 Å². The first-order chi connectivity index (χ1) is 12.4. The number of amides is 1. The number of piperidine rings is 2. The van der Waals surface area contributed by atoms with Crippen LogP contribution in [-0.2, 0) is 14.8 Å². The van der Waals surface area contributed by atoms with Crippen molar-refractivity contribution in [3.8, 4) is 0 Å². The number of nitrogens with zero attached hydrogens (tertiary/aromatic N) is 2. The number of nitrogens with one attached hydrogen (secondary N) is 2. The first-order valence-corrected chi connectivity index (χ1v) is 10.2. The first-order valence-electron chi connectivity index (χ1n) is 8.67. The van der Waals surface area contributed by atoms with Gasteiger partial charge in [0.25, 0.3) is 5.91 Å². The van der Waals surface area contributed by atoms with Gasteiger partial charge in [0.15, 0.2) is 5.60 Å². The molecule has 2 aliphatic heterocycles. The number of rotatable bonds is 4. The van der Waals surface area contributed by atoms with E-state index in [2.05, 4.69) is 10.3 Å². The van der Waals surface area contributed by atoms with Crippen LogP contribution in [0.3, 0.4) is 0 Å². The van der Waals surface area contributed by atoms with E-state index in [-0.39, 0.29) is 18.9 Å².